The number of nitrogens with zero attached hydrogens (tertiary/aromatic N) is 1. The second-order valence-corrected chi connectivity index (χ2v) is 8.96. The Hall–Kier alpha value is -1.04. The Kier molecular flexibility index (Phi) is 5.47. The molecular formula is C20H30N2O2S. The largest absolute Gasteiger partial charge is 0.378 e. The van der Waals surface area contributed by atoms with E-state index in [1.165, 1.54) is 4.90 Å². The van der Waals surface area contributed by atoms with Gasteiger partial charge < -0.3 is 15.4 Å². The molecule has 2 N–H and O–H groups in total. The van der Waals surface area contributed by atoms with Gasteiger partial charge in [-0.15, -0.1) is 11.8 Å². The monoisotopic (exact) mass is 362 g/mol. The van der Waals surface area contributed by atoms with Gasteiger partial charge in [-0.2, -0.15) is 0 Å². The highest BCUT2D eigenvalue weighted by Crippen LogP contribution is 2.51. The SMILES string of the molecule is CCOC1CC(N)(C(=O)N2CCC(CSc3ccccc3)C2)C1(C)C. The van der Waals surface area contributed by atoms with Crippen LogP contribution in [0.2, 0.25) is 0 Å². The normalized spacial score (nSPS) is 31.0. The van der Waals surface area contributed by atoms with E-state index in [9.17, 15) is 4.79 Å². The summed E-state index contributed by atoms with van der Waals surface area (Å²) in [5.41, 5.74) is 5.47. The minimum Gasteiger partial charge on any atom is -0.378 e. The van der Waals surface area contributed by atoms with E-state index >= 15 is 0 Å². The summed E-state index contributed by atoms with van der Waals surface area (Å²) in [6, 6.07) is 10.5. The Balaban J connectivity index is 1.54. The molecule has 1 saturated carbocycles. The number of hydrogen-bond donors (Lipinski definition) is 1. The molecule has 3 atom stereocenters. The lowest BCUT2D eigenvalue weighted by Crippen LogP contribution is -2.75. The van der Waals surface area contributed by atoms with Gasteiger partial charge in [-0.3, -0.25) is 4.79 Å². The van der Waals surface area contributed by atoms with Crippen molar-refractivity contribution in [2.75, 3.05) is 25.4 Å². The van der Waals surface area contributed by atoms with E-state index in [2.05, 4.69) is 38.1 Å². The van der Waals surface area contributed by atoms with Crippen molar-refractivity contribution in [3.63, 3.8) is 0 Å². The molecule has 1 aliphatic carbocycles. The van der Waals surface area contributed by atoms with Crippen LogP contribution in [0, 0.1) is 11.3 Å². The molecule has 0 radical (unpaired) electrons. The molecule has 2 fully saturated rings. The topological polar surface area (TPSA) is 55.6 Å². The molecule has 1 aromatic carbocycles. The summed E-state index contributed by atoms with van der Waals surface area (Å²) in [5.74, 6) is 1.71. The Bertz CT molecular complexity index is 607. The predicted molar refractivity (Wildman–Crippen MR) is 103 cm³/mol. The molecular weight excluding hydrogens is 332 g/mol. The molecule has 5 heteroatoms. The van der Waals surface area contributed by atoms with Gasteiger partial charge in [0, 0.05) is 42.2 Å². The third-order valence-corrected chi connectivity index (χ3v) is 7.26. The average Bonchev–Trinajstić information content (AvgIpc) is 3.08. The van der Waals surface area contributed by atoms with Crippen LogP contribution in [0.25, 0.3) is 0 Å². The summed E-state index contributed by atoms with van der Waals surface area (Å²) in [4.78, 5) is 16.4. The molecule has 2 aliphatic rings. The number of thioether (sulfide) groups is 1. The third kappa shape index (κ3) is 3.46. The fourth-order valence-corrected chi connectivity index (χ4v) is 5.01. The highest BCUT2D eigenvalue weighted by molar-refractivity contribution is 7.99. The summed E-state index contributed by atoms with van der Waals surface area (Å²) in [6.45, 7) is 8.44. The van der Waals surface area contributed by atoms with Crippen LogP contribution in [0.1, 0.15) is 33.6 Å². The second-order valence-electron chi connectivity index (χ2n) is 7.87. The van der Waals surface area contributed by atoms with Crippen molar-refractivity contribution in [1.29, 1.82) is 0 Å². The molecule has 0 spiro atoms. The van der Waals surface area contributed by atoms with Crippen molar-refractivity contribution < 1.29 is 9.53 Å². The molecule has 1 amide bonds. The molecule has 1 aromatic rings. The van der Waals surface area contributed by atoms with Crippen molar-refractivity contribution in [3.05, 3.63) is 30.3 Å². The Labute approximate surface area is 155 Å². The van der Waals surface area contributed by atoms with Crippen molar-refractivity contribution >= 4 is 17.7 Å². The minimum atomic E-state index is -0.783. The molecule has 4 nitrogen and oxygen atoms in total. The number of benzene rings is 1. The van der Waals surface area contributed by atoms with E-state index in [-0.39, 0.29) is 17.4 Å². The lowest BCUT2D eigenvalue weighted by molar-refractivity contribution is -0.178. The van der Waals surface area contributed by atoms with Crippen LogP contribution in [-0.4, -0.2) is 47.9 Å². The van der Waals surface area contributed by atoms with Crippen LogP contribution < -0.4 is 5.73 Å². The zero-order valence-electron chi connectivity index (χ0n) is 15.5. The number of carbonyl (C=O) groups excluding carboxylic acids is 1. The zero-order chi connectivity index (χ0) is 18.1. The van der Waals surface area contributed by atoms with E-state index in [1.807, 2.05) is 29.7 Å². The fraction of sp³-hybridized carbons (Fsp3) is 0.650. The first-order valence-corrected chi connectivity index (χ1v) is 10.2. The fourth-order valence-electron chi connectivity index (χ4n) is 3.96. The van der Waals surface area contributed by atoms with Gasteiger partial charge in [0.1, 0.15) is 5.54 Å². The van der Waals surface area contributed by atoms with Crippen LogP contribution in [0.4, 0.5) is 0 Å². The Morgan fingerprint density at radius 3 is 2.72 bits per heavy atom. The van der Waals surface area contributed by atoms with Crippen molar-refractivity contribution in [3.8, 4) is 0 Å². The molecule has 3 unspecified atom stereocenters. The minimum absolute atomic E-state index is 0.0819. The Morgan fingerprint density at radius 1 is 1.36 bits per heavy atom. The van der Waals surface area contributed by atoms with Gasteiger partial charge in [-0.05, 0) is 31.4 Å². The van der Waals surface area contributed by atoms with Gasteiger partial charge in [0.05, 0.1) is 6.10 Å². The van der Waals surface area contributed by atoms with Crippen LogP contribution in [0.3, 0.4) is 0 Å². The van der Waals surface area contributed by atoms with Gasteiger partial charge >= 0.3 is 0 Å². The number of likely N-dealkylation sites (tertiary alicyclic amines) is 1. The Morgan fingerprint density at radius 2 is 2.08 bits per heavy atom. The molecule has 3 rings (SSSR count). The lowest BCUT2D eigenvalue weighted by Gasteiger charge is -2.58. The van der Waals surface area contributed by atoms with Crippen molar-refractivity contribution in [1.82, 2.24) is 4.90 Å². The van der Waals surface area contributed by atoms with Crippen LogP contribution in [0.15, 0.2) is 35.2 Å². The molecule has 25 heavy (non-hydrogen) atoms. The van der Waals surface area contributed by atoms with Crippen molar-refractivity contribution in [2.45, 2.75) is 50.2 Å². The van der Waals surface area contributed by atoms with Crippen LogP contribution >= 0.6 is 11.8 Å². The maximum atomic E-state index is 13.1. The first-order chi connectivity index (χ1) is 11.9. The number of carbonyl (C=O) groups is 1. The van der Waals surface area contributed by atoms with E-state index in [1.54, 1.807) is 0 Å². The standard InChI is InChI=1S/C20H30N2O2S/c1-4-24-17-12-20(21,19(17,2)3)18(23)22-11-10-15(13-22)14-25-16-8-6-5-7-9-16/h5-9,15,17H,4,10-14,21H2,1-3H3. The molecule has 1 heterocycles. The molecule has 1 aliphatic heterocycles. The number of amides is 1. The smallest absolute Gasteiger partial charge is 0.243 e. The summed E-state index contributed by atoms with van der Waals surface area (Å²) in [6.07, 6.45) is 1.78. The first-order valence-electron chi connectivity index (χ1n) is 9.26. The van der Waals surface area contributed by atoms with Crippen LogP contribution in [-0.2, 0) is 9.53 Å². The number of ether oxygens (including phenoxy) is 1. The van der Waals surface area contributed by atoms with Gasteiger partial charge in [0.25, 0.3) is 0 Å². The van der Waals surface area contributed by atoms with Gasteiger partial charge in [-0.1, -0.05) is 32.0 Å². The lowest BCUT2D eigenvalue weighted by atomic mass is 9.54. The average molecular weight is 363 g/mol. The van der Waals surface area contributed by atoms with E-state index in [0.717, 1.165) is 25.3 Å². The highest BCUT2D eigenvalue weighted by Gasteiger charge is 2.64. The van der Waals surface area contributed by atoms with E-state index in [4.69, 9.17) is 10.5 Å². The zero-order valence-corrected chi connectivity index (χ0v) is 16.3. The van der Waals surface area contributed by atoms with Gasteiger partial charge in [-0.25, -0.2) is 0 Å². The van der Waals surface area contributed by atoms with Crippen molar-refractivity contribution in [2.24, 2.45) is 17.1 Å². The summed E-state index contributed by atoms with van der Waals surface area (Å²) >= 11 is 1.88. The maximum absolute atomic E-state index is 13.1. The molecule has 0 aromatic heterocycles. The third-order valence-electron chi connectivity index (χ3n) is 6.01. The first kappa shape index (κ1) is 18.7. The second kappa shape index (κ2) is 7.29. The predicted octanol–water partition coefficient (Wildman–Crippen LogP) is 3.16. The summed E-state index contributed by atoms with van der Waals surface area (Å²) in [5, 5.41) is 0. The van der Waals surface area contributed by atoms with Gasteiger partial charge in [0.2, 0.25) is 5.91 Å². The molecule has 0 bridgehead atoms. The highest BCUT2D eigenvalue weighted by atomic mass is 32.2. The summed E-state index contributed by atoms with van der Waals surface area (Å²) in [7, 11) is 0. The van der Waals surface area contributed by atoms with Gasteiger partial charge in [0.15, 0.2) is 0 Å². The number of rotatable bonds is 6. The molecule has 138 valence electrons. The van der Waals surface area contributed by atoms with Crippen LogP contribution in [0.5, 0.6) is 0 Å². The van der Waals surface area contributed by atoms with E-state index in [0.29, 0.717) is 18.9 Å². The number of hydrogen-bond acceptors (Lipinski definition) is 4. The number of nitrogens with two attached hydrogens (primary N) is 1. The summed E-state index contributed by atoms with van der Waals surface area (Å²) < 4.78 is 5.76. The maximum Gasteiger partial charge on any atom is 0.243 e. The molecule has 1 saturated heterocycles. The van der Waals surface area contributed by atoms with E-state index < -0.39 is 5.54 Å². The quantitative estimate of drug-likeness (QED) is 0.790.